The van der Waals surface area contributed by atoms with Gasteiger partial charge in [0.15, 0.2) is 0 Å². The van der Waals surface area contributed by atoms with Crippen LogP contribution in [0.1, 0.15) is 21.6 Å². The highest BCUT2D eigenvalue weighted by molar-refractivity contribution is 8.38. The molecule has 0 saturated carbocycles. The van der Waals surface area contributed by atoms with Gasteiger partial charge in [0, 0.05) is 17.1 Å². The van der Waals surface area contributed by atoms with E-state index in [1.54, 1.807) is 41.1 Å². The van der Waals surface area contributed by atoms with Gasteiger partial charge in [-0.2, -0.15) is 0 Å². The molecule has 1 N–H and O–H groups in total. The maximum absolute atomic E-state index is 12.7. The molecule has 138 valence electrons. The normalized spacial score (nSPS) is 13.6. The van der Waals surface area contributed by atoms with Gasteiger partial charge in [0.25, 0.3) is 5.91 Å². The van der Waals surface area contributed by atoms with Crippen LogP contribution in [0.2, 0.25) is 0 Å². The molecule has 0 fully saturated rings. The molecular weight excluding hydrogens is 398 g/mol. The van der Waals surface area contributed by atoms with Crippen LogP contribution < -0.4 is 5.32 Å². The summed E-state index contributed by atoms with van der Waals surface area (Å²) in [6.07, 6.45) is 1.59. The lowest BCUT2D eigenvalue weighted by molar-refractivity contribution is 0.0949. The van der Waals surface area contributed by atoms with E-state index in [0.717, 1.165) is 32.9 Å². The first kappa shape index (κ1) is 18.3. The molecule has 3 heterocycles. The number of nitrogens with zero attached hydrogens (tertiary/aromatic N) is 2. The first-order chi connectivity index (χ1) is 13.3. The summed E-state index contributed by atoms with van der Waals surface area (Å²) in [5.41, 5.74) is 2.40. The summed E-state index contributed by atoms with van der Waals surface area (Å²) in [5.74, 6) is 2.27. The van der Waals surface area contributed by atoms with Crippen molar-refractivity contribution in [2.24, 2.45) is 4.99 Å². The fourth-order valence-corrected chi connectivity index (χ4v) is 5.25. The number of nitrogens with one attached hydrogen (secondary N) is 1. The smallest absolute Gasteiger partial charge is 0.251 e. The Bertz CT molecular complexity index is 951. The van der Waals surface area contributed by atoms with Crippen molar-refractivity contribution in [3.05, 3.63) is 64.9 Å². The molecule has 0 bridgehead atoms. The highest BCUT2D eigenvalue weighted by atomic mass is 32.2. The average molecular weight is 416 g/mol. The maximum atomic E-state index is 12.7. The predicted molar refractivity (Wildman–Crippen MR) is 113 cm³/mol. The molecule has 0 aliphatic carbocycles. The third-order valence-electron chi connectivity index (χ3n) is 3.88. The Morgan fingerprint density at radius 3 is 3.00 bits per heavy atom. The lowest BCUT2D eigenvalue weighted by Crippen LogP contribution is -2.24. The molecule has 0 radical (unpaired) electrons. The molecule has 8 heteroatoms. The van der Waals surface area contributed by atoms with Crippen molar-refractivity contribution in [3.8, 4) is 10.8 Å². The van der Waals surface area contributed by atoms with E-state index in [1.165, 1.54) is 0 Å². The van der Waals surface area contributed by atoms with Crippen molar-refractivity contribution in [2.75, 3.05) is 12.3 Å². The van der Waals surface area contributed by atoms with E-state index >= 15 is 0 Å². The molecular formula is C19H17N3O2S3. The molecule has 0 unspecified atom stereocenters. The van der Waals surface area contributed by atoms with Crippen molar-refractivity contribution >= 4 is 45.1 Å². The Labute approximate surface area is 169 Å². The van der Waals surface area contributed by atoms with Crippen LogP contribution in [-0.2, 0) is 12.3 Å². The van der Waals surface area contributed by atoms with Gasteiger partial charge in [-0.3, -0.25) is 9.79 Å². The highest BCUT2D eigenvalue weighted by Crippen LogP contribution is 2.27. The molecule has 0 saturated heterocycles. The number of thiophene rings is 1. The van der Waals surface area contributed by atoms with Crippen LogP contribution >= 0.6 is 34.9 Å². The Hall–Kier alpha value is -2.03. The molecule has 4 rings (SSSR count). The number of carbonyl (C=O) groups is 1. The lowest BCUT2D eigenvalue weighted by atomic mass is 10.1. The van der Waals surface area contributed by atoms with Crippen molar-refractivity contribution < 1.29 is 9.21 Å². The molecule has 1 amide bonds. The second kappa shape index (κ2) is 8.77. The zero-order valence-electron chi connectivity index (χ0n) is 14.4. The zero-order valence-corrected chi connectivity index (χ0v) is 16.8. The maximum Gasteiger partial charge on any atom is 0.251 e. The fourth-order valence-electron chi connectivity index (χ4n) is 2.58. The van der Waals surface area contributed by atoms with Gasteiger partial charge in [-0.25, -0.2) is 4.98 Å². The molecule has 5 nitrogen and oxygen atoms in total. The van der Waals surface area contributed by atoms with E-state index in [2.05, 4.69) is 15.3 Å². The van der Waals surface area contributed by atoms with Gasteiger partial charge in [0.05, 0.1) is 23.7 Å². The molecule has 0 atom stereocenters. The standard InChI is InChI=1S/C19H17N3O2S3/c23-17(21-10-14-11-24-18(22-14)16-6-3-8-25-16)15-5-2-1-4-13(15)12-27-19-20-7-9-26-19/h1-6,8,11H,7,9-10,12H2,(H,21,23). The number of thioether (sulfide) groups is 2. The average Bonchev–Trinajstić information content (AvgIpc) is 3.47. The lowest BCUT2D eigenvalue weighted by Gasteiger charge is -2.09. The first-order valence-electron chi connectivity index (χ1n) is 8.44. The molecule has 1 aliphatic heterocycles. The van der Waals surface area contributed by atoms with Crippen LogP contribution in [0.4, 0.5) is 0 Å². The van der Waals surface area contributed by atoms with Gasteiger partial charge in [0.1, 0.15) is 10.6 Å². The minimum absolute atomic E-state index is 0.104. The highest BCUT2D eigenvalue weighted by Gasteiger charge is 2.14. The number of rotatable bonds is 6. The summed E-state index contributed by atoms with van der Waals surface area (Å²) in [4.78, 5) is 22.5. The summed E-state index contributed by atoms with van der Waals surface area (Å²) in [5, 5.41) is 4.92. The number of carbonyl (C=O) groups excluding carboxylic acids is 1. The van der Waals surface area contributed by atoms with Crippen LogP contribution in [0.3, 0.4) is 0 Å². The van der Waals surface area contributed by atoms with E-state index in [1.807, 2.05) is 41.8 Å². The van der Waals surface area contributed by atoms with Crippen LogP contribution in [0, 0.1) is 0 Å². The summed E-state index contributed by atoms with van der Waals surface area (Å²) < 4.78 is 6.60. The molecule has 1 aliphatic rings. The Balaban J connectivity index is 1.38. The first-order valence-corrected chi connectivity index (χ1v) is 11.3. The summed E-state index contributed by atoms with van der Waals surface area (Å²) in [6.45, 7) is 1.22. The van der Waals surface area contributed by atoms with E-state index in [9.17, 15) is 4.79 Å². The number of amides is 1. The molecule has 0 spiro atoms. The quantitative estimate of drug-likeness (QED) is 0.634. The minimum Gasteiger partial charge on any atom is -0.443 e. The number of hydrogen-bond donors (Lipinski definition) is 1. The number of hydrogen-bond acceptors (Lipinski definition) is 7. The van der Waals surface area contributed by atoms with Crippen LogP contribution in [0.5, 0.6) is 0 Å². The third kappa shape index (κ3) is 4.63. The van der Waals surface area contributed by atoms with E-state index in [4.69, 9.17) is 4.42 Å². The van der Waals surface area contributed by atoms with Gasteiger partial charge in [-0.1, -0.05) is 47.8 Å². The second-order valence-corrected chi connectivity index (χ2v) is 9.00. The number of aromatic nitrogens is 1. The predicted octanol–water partition coefficient (Wildman–Crippen LogP) is 4.67. The molecule has 1 aromatic carbocycles. The van der Waals surface area contributed by atoms with Crippen LogP contribution in [0.25, 0.3) is 10.8 Å². The second-order valence-electron chi connectivity index (χ2n) is 5.75. The largest absolute Gasteiger partial charge is 0.443 e. The summed E-state index contributed by atoms with van der Waals surface area (Å²) in [7, 11) is 0. The number of oxazole rings is 1. The van der Waals surface area contributed by atoms with Crippen LogP contribution in [-0.4, -0.2) is 27.6 Å². The Morgan fingerprint density at radius 2 is 2.19 bits per heavy atom. The van der Waals surface area contributed by atoms with E-state index < -0.39 is 0 Å². The van der Waals surface area contributed by atoms with Crippen molar-refractivity contribution in [2.45, 2.75) is 12.3 Å². The van der Waals surface area contributed by atoms with Gasteiger partial charge >= 0.3 is 0 Å². The number of aliphatic imine (C=N–C) groups is 1. The summed E-state index contributed by atoms with van der Waals surface area (Å²) >= 11 is 5.04. The molecule has 27 heavy (non-hydrogen) atoms. The molecule has 3 aromatic rings. The number of benzene rings is 1. The van der Waals surface area contributed by atoms with Gasteiger partial charge in [-0.05, 0) is 23.1 Å². The van der Waals surface area contributed by atoms with Crippen molar-refractivity contribution in [1.29, 1.82) is 0 Å². The van der Waals surface area contributed by atoms with Crippen LogP contribution in [0.15, 0.2) is 57.5 Å². The Kier molecular flexibility index (Phi) is 5.96. The summed E-state index contributed by atoms with van der Waals surface area (Å²) in [6, 6.07) is 11.6. The van der Waals surface area contributed by atoms with E-state index in [-0.39, 0.29) is 5.91 Å². The topological polar surface area (TPSA) is 67.5 Å². The van der Waals surface area contributed by atoms with Gasteiger partial charge < -0.3 is 9.73 Å². The van der Waals surface area contributed by atoms with Gasteiger partial charge in [-0.15, -0.1) is 11.3 Å². The minimum atomic E-state index is -0.104. The molecule has 2 aromatic heterocycles. The third-order valence-corrected chi connectivity index (χ3v) is 7.04. The fraction of sp³-hybridized carbons (Fsp3) is 0.211. The van der Waals surface area contributed by atoms with E-state index in [0.29, 0.717) is 23.7 Å². The van der Waals surface area contributed by atoms with Crippen molar-refractivity contribution in [1.82, 2.24) is 10.3 Å². The Morgan fingerprint density at radius 1 is 1.26 bits per heavy atom. The zero-order chi connectivity index (χ0) is 18.5. The van der Waals surface area contributed by atoms with Gasteiger partial charge in [0.2, 0.25) is 5.89 Å². The monoisotopic (exact) mass is 415 g/mol. The SMILES string of the molecule is O=C(NCc1coc(-c2cccs2)n1)c1ccccc1CSC1=NCCS1. The van der Waals surface area contributed by atoms with Crippen molar-refractivity contribution in [3.63, 3.8) is 0 Å².